The Morgan fingerprint density at radius 3 is 2.90 bits per heavy atom. The Kier molecular flexibility index (Phi) is 3.07. The van der Waals surface area contributed by atoms with E-state index in [9.17, 15) is 0 Å². The maximum Gasteiger partial charge on any atom is 0.231 e. The van der Waals surface area contributed by atoms with Crippen LogP contribution >= 0.6 is 0 Å². The smallest absolute Gasteiger partial charge is 0.231 e. The van der Waals surface area contributed by atoms with Crippen LogP contribution in [0.4, 0.5) is 5.82 Å². The standard InChI is InChI=1S/C16H19N3O2/c1-19(7-6-17-12-2-3-12)16-13-9-15-14(20-10-21-15)8-11(13)4-5-18-16/h4-5,8-9,12,17H,2-3,6-7,10H2,1H3. The van der Waals surface area contributed by atoms with Crippen LogP contribution < -0.4 is 19.7 Å². The number of aromatic nitrogens is 1. The highest BCUT2D eigenvalue weighted by Gasteiger charge is 2.20. The molecule has 2 heterocycles. The maximum absolute atomic E-state index is 5.48. The van der Waals surface area contributed by atoms with Crippen LogP contribution in [0.2, 0.25) is 0 Å². The van der Waals surface area contributed by atoms with Crippen molar-refractivity contribution in [2.75, 3.05) is 31.8 Å². The van der Waals surface area contributed by atoms with Crippen molar-refractivity contribution >= 4 is 16.6 Å². The van der Waals surface area contributed by atoms with Crippen LogP contribution in [-0.2, 0) is 0 Å². The van der Waals surface area contributed by atoms with E-state index in [1.807, 2.05) is 24.4 Å². The molecule has 1 aromatic carbocycles. The molecular weight excluding hydrogens is 266 g/mol. The minimum atomic E-state index is 0.301. The van der Waals surface area contributed by atoms with E-state index in [-0.39, 0.29) is 0 Å². The van der Waals surface area contributed by atoms with Crippen molar-refractivity contribution in [3.63, 3.8) is 0 Å². The summed E-state index contributed by atoms with van der Waals surface area (Å²) in [5.74, 6) is 2.61. The average molecular weight is 285 g/mol. The third kappa shape index (κ3) is 2.49. The summed E-state index contributed by atoms with van der Waals surface area (Å²) in [6.07, 6.45) is 4.49. The second-order valence-electron chi connectivity index (χ2n) is 5.71. The fourth-order valence-electron chi connectivity index (χ4n) is 2.68. The number of hydrogen-bond donors (Lipinski definition) is 1. The van der Waals surface area contributed by atoms with Crippen molar-refractivity contribution in [3.8, 4) is 11.5 Å². The van der Waals surface area contributed by atoms with Crippen LogP contribution in [0.15, 0.2) is 24.4 Å². The van der Waals surface area contributed by atoms with E-state index >= 15 is 0 Å². The van der Waals surface area contributed by atoms with Crippen LogP contribution in [0.1, 0.15) is 12.8 Å². The molecule has 2 aliphatic rings. The normalized spacial score (nSPS) is 16.4. The largest absolute Gasteiger partial charge is 0.454 e. The van der Waals surface area contributed by atoms with Gasteiger partial charge in [0.15, 0.2) is 11.5 Å². The summed E-state index contributed by atoms with van der Waals surface area (Å²) in [7, 11) is 2.08. The molecule has 1 saturated carbocycles. The number of likely N-dealkylation sites (N-methyl/N-ethyl adjacent to an activating group) is 1. The van der Waals surface area contributed by atoms with E-state index in [0.29, 0.717) is 6.79 Å². The Morgan fingerprint density at radius 1 is 1.29 bits per heavy atom. The Hall–Kier alpha value is -2.01. The van der Waals surface area contributed by atoms with Gasteiger partial charge in [0.1, 0.15) is 5.82 Å². The topological polar surface area (TPSA) is 46.6 Å². The zero-order chi connectivity index (χ0) is 14.2. The molecule has 4 rings (SSSR count). The minimum Gasteiger partial charge on any atom is -0.454 e. The Labute approximate surface area is 123 Å². The van der Waals surface area contributed by atoms with Crippen LogP contribution in [0.25, 0.3) is 10.8 Å². The molecule has 1 aliphatic heterocycles. The van der Waals surface area contributed by atoms with Crippen molar-refractivity contribution in [1.82, 2.24) is 10.3 Å². The average Bonchev–Trinajstić information content (AvgIpc) is 3.21. The molecule has 0 atom stereocenters. The highest BCUT2D eigenvalue weighted by atomic mass is 16.7. The highest BCUT2D eigenvalue weighted by Crippen LogP contribution is 2.38. The third-order valence-corrected chi connectivity index (χ3v) is 4.06. The number of nitrogens with zero attached hydrogens (tertiary/aromatic N) is 2. The lowest BCUT2D eigenvalue weighted by molar-refractivity contribution is 0.174. The number of ether oxygens (including phenoxy) is 2. The SMILES string of the molecule is CN(CCNC1CC1)c1nccc2cc3c(cc12)OCO3. The van der Waals surface area contributed by atoms with E-state index in [2.05, 4.69) is 22.2 Å². The van der Waals surface area contributed by atoms with E-state index in [0.717, 1.165) is 47.2 Å². The van der Waals surface area contributed by atoms with Gasteiger partial charge < -0.3 is 19.7 Å². The molecule has 1 aromatic heterocycles. The zero-order valence-electron chi connectivity index (χ0n) is 12.1. The molecule has 2 aromatic rings. The molecule has 1 N–H and O–H groups in total. The second kappa shape index (κ2) is 5.07. The van der Waals surface area contributed by atoms with Gasteiger partial charge in [-0.1, -0.05) is 0 Å². The summed E-state index contributed by atoms with van der Waals surface area (Å²) < 4.78 is 10.9. The predicted octanol–water partition coefficient (Wildman–Crippen LogP) is 2.15. The van der Waals surface area contributed by atoms with Crippen LogP contribution in [0, 0.1) is 0 Å². The molecule has 0 radical (unpaired) electrons. The van der Waals surface area contributed by atoms with Gasteiger partial charge in [-0.2, -0.15) is 0 Å². The van der Waals surface area contributed by atoms with Gasteiger partial charge in [0, 0.05) is 37.8 Å². The highest BCUT2D eigenvalue weighted by molar-refractivity contribution is 5.94. The van der Waals surface area contributed by atoms with Gasteiger partial charge in [0.05, 0.1) is 0 Å². The van der Waals surface area contributed by atoms with Crippen LogP contribution in [0.5, 0.6) is 11.5 Å². The molecule has 0 saturated heterocycles. The van der Waals surface area contributed by atoms with Gasteiger partial charge in [-0.25, -0.2) is 4.98 Å². The quantitative estimate of drug-likeness (QED) is 0.912. The van der Waals surface area contributed by atoms with Gasteiger partial charge >= 0.3 is 0 Å². The fourth-order valence-corrected chi connectivity index (χ4v) is 2.68. The number of nitrogens with one attached hydrogen (secondary N) is 1. The lowest BCUT2D eigenvalue weighted by atomic mass is 10.1. The Balaban J connectivity index is 1.60. The summed E-state index contributed by atoms with van der Waals surface area (Å²) in [4.78, 5) is 6.74. The van der Waals surface area contributed by atoms with E-state index < -0.39 is 0 Å². The molecule has 5 heteroatoms. The van der Waals surface area contributed by atoms with Crippen molar-refractivity contribution in [3.05, 3.63) is 24.4 Å². The summed E-state index contributed by atoms with van der Waals surface area (Å²) in [6.45, 7) is 2.23. The zero-order valence-corrected chi connectivity index (χ0v) is 12.1. The Bertz CT molecular complexity index is 670. The molecule has 1 aliphatic carbocycles. The summed E-state index contributed by atoms with van der Waals surface area (Å²) in [6, 6.07) is 6.81. The van der Waals surface area contributed by atoms with Crippen molar-refractivity contribution in [2.24, 2.45) is 0 Å². The molecule has 5 nitrogen and oxygen atoms in total. The predicted molar refractivity (Wildman–Crippen MR) is 82.2 cm³/mol. The van der Waals surface area contributed by atoms with E-state index in [1.54, 1.807) is 0 Å². The van der Waals surface area contributed by atoms with E-state index in [4.69, 9.17) is 9.47 Å². The van der Waals surface area contributed by atoms with Crippen molar-refractivity contribution in [2.45, 2.75) is 18.9 Å². The number of hydrogen-bond acceptors (Lipinski definition) is 5. The fraction of sp³-hybridized carbons (Fsp3) is 0.438. The maximum atomic E-state index is 5.48. The summed E-state index contributed by atoms with van der Waals surface area (Å²) in [5, 5.41) is 5.77. The van der Waals surface area contributed by atoms with Crippen molar-refractivity contribution < 1.29 is 9.47 Å². The van der Waals surface area contributed by atoms with Crippen molar-refractivity contribution in [1.29, 1.82) is 0 Å². The minimum absolute atomic E-state index is 0.301. The first kappa shape index (κ1) is 12.7. The summed E-state index contributed by atoms with van der Waals surface area (Å²) >= 11 is 0. The molecule has 0 spiro atoms. The van der Waals surface area contributed by atoms with Gasteiger partial charge in [-0.15, -0.1) is 0 Å². The monoisotopic (exact) mass is 285 g/mol. The van der Waals surface area contributed by atoms with Gasteiger partial charge in [-0.05, 0) is 36.4 Å². The number of anilines is 1. The lowest BCUT2D eigenvalue weighted by Gasteiger charge is -2.20. The van der Waals surface area contributed by atoms with Crippen LogP contribution in [-0.4, -0.2) is 38.0 Å². The molecule has 1 fully saturated rings. The van der Waals surface area contributed by atoms with Gasteiger partial charge in [0.2, 0.25) is 6.79 Å². The van der Waals surface area contributed by atoms with Gasteiger partial charge in [0.25, 0.3) is 0 Å². The van der Waals surface area contributed by atoms with Crippen LogP contribution in [0.3, 0.4) is 0 Å². The van der Waals surface area contributed by atoms with Gasteiger partial charge in [-0.3, -0.25) is 0 Å². The number of pyridine rings is 1. The number of rotatable bonds is 5. The molecule has 0 unspecified atom stereocenters. The molecule has 0 bridgehead atoms. The summed E-state index contributed by atoms with van der Waals surface area (Å²) in [5.41, 5.74) is 0. The molecule has 21 heavy (non-hydrogen) atoms. The molecular formula is C16H19N3O2. The number of benzene rings is 1. The first-order chi connectivity index (χ1) is 10.3. The first-order valence-corrected chi connectivity index (χ1v) is 7.44. The van der Waals surface area contributed by atoms with E-state index in [1.165, 1.54) is 12.8 Å². The molecule has 110 valence electrons. The lowest BCUT2D eigenvalue weighted by Crippen LogP contribution is -2.30. The number of fused-ring (bicyclic) bond motifs is 2. The Morgan fingerprint density at radius 2 is 2.10 bits per heavy atom. The first-order valence-electron chi connectivity index (χ1n) is 7.44. The third-order valence-electron chi connectivity index (χ3n) is 4.06. The molecule has 0 amide bonds. The second-order valence-corrected chi connectivity index (χ2v) is 5.71.